The number of nitrogens with zero attached hydrogens (tertiary/aromatic N) is 1. The second kappa shape index (κ2) is 6.17. The third kappa shape index (κ3) is 3.57. The SMILES string of the molecule is CC(O)c1ccc(OCCc2cccnc2)cc1. The van der Waals surface area contributed by atoms with E-state index in [0.29, 0.717) is 6.61 Å². The summed E-state index contributed by atoms with van der Waals surface area (Å²) in [4.78, 5) is 4.06. The van der Waals surface area contributed by atoms with Crippen LogP contribution >= 0.6 is 0 Å². The molecule has 0 aliphatic rings. The van der Waals surface area contributed by atoms with Crippen LogP contribution < -0.4 is 4.74 Å². The molecule has 0 spiro atoms. The Bertz CT molecular complexity index is 466. The van der Waals surface area contributed by atoms with Crippen LogP contribution in [0.2, 0.25) is 0 Å². The summed E-state index contributed by atoms with van der Waals surface area (Å²) in [6.07, 6.45) is 4.01. The Morgan fingerprint density at radius 1 is 1.22 bits per heavy atom. The molecule has 0 amide bonds. The Kier molecular flexibility index (Phi) is 4.31. The first-order chi connectivity index (χ1) is 8.75. The van der Waals surface area contributed by atoms with Gasteiger partial charge in [-0.2, -0.15) is 0 Å². The van der Waals surface area contributed by atoms with Crippen molar-refractivity contribution < 1.29 is 9.84 Å². The molecular weight excluding hydrogens is 226 g/mol. The van der Waals surface area contributed by atoms with Gasteiger partial charge in [-0.05, 0) is 36.2 Å². The molecule has 0 fully saturated rings. The van der Waals surface area contributed by atoms with Gasteiger partial charge in [-0.15, -0.1) is 0 Å². The average Bonchev–Trinajstić information content (AvgIpc) is 2.40. The van der Waals surface area contributed by atoms with E-state index in [4.69, 9.17) is 4.74 Å². The highest BCUT2D eigenvalue weighted by molar-refractivity contribution is 5.28. The lowest BCUT2D eigenvalue weighted by atomic mass is 10.1. The summed E-state index contributed by atoms with van der Waals surface area (Å²) in [5, 5.41) is 9.39. The number of aliphatic hydroxyl groups excluding tert-OH is 1. The van der Waals surface area contributed by atoms with Gasteiger partial charge < -0.3 is 9.84 Å². The van der Waals surface area contributed by atoms with E-state index in [-0.39, 0.29) is 0 Å². The first kappa shape index (κ1) is 12.6. The van der Waals surface area contributed by atoms with Crippen molar-refractivity contribution in [1.82, 2.24) is 4.98 Å². The number of aliphatic hydroxyl groups is 1. The molecular formula is C15H17NO2. The van der Waals surface area contributed by atoms with Gasteiger partial charge in [0.05, 0.1) is 12.7 Å². The summed E-state index contributed by atoms with van der Waals surface area (Å²) in [5.41, 5.74) is 2.06. The Morgan fingerprint density at radius 3 is 2.61 bits per heavy atom. The summed E-state index contributed by atoms with van der Waals surface area (Å²) >= 11 is 0. The molecule has 3 nitrogen and oxygen atoms in total. The highest BCUT2D eigenvalue weighted by Crippen LogP contribution is 2.17. The zero-order valence-electron chi connectivity index (χ0n) is 10.4. The van der Waals surface area contributed by atoms with Crippen LogP contribution in [0.15, 0.2) is 48.8 Å². The summed E-state index contributed by atoms with van der Waals surface area (Å²) in [7, 11) is 0. The molecule has 3 heteroatoms. The van der Waals surface area contributed by atoms with E-state index in [1.54, 1.807) is 13.1 Å². The quantitative estimate of drug-likeness (QED) is 0.878. The van der Waals surface area contributed by atoms with Crippen molar-refractivity contribution >= 4 is 0 Å². The molecule has 2 aromatic rings. The molecule has 1 N–H and O–H groups in total. The molecule has 2 rings (SSSR count). The molecule has 1 unspecified atom stereocenters. The maximum atomic E-state index is 9.39. The monoisotopic (exact) mass is 243 g/mol. The lowest BCUT2D eigenvalue weighted by Gasteiger charge is -2.08. The molecule has 0 radical (unpaired) electrons. The van der Waals surface area contributed by atoms with E-state index in [1.165, 1.54) is 0 Å². The number of benzene rings is 1. The largest absolute Gasteiger partial charge is 0.493 e. The maximum absolute atomic E-state index is 9.39. The molecule has 1 aromatic heterocycles. The van der Waals surface area contributed by atoms with Gasteiger partial charge in [0.1, 0.15) is 5.75 Å². The molecule has 0 saturated carbocycles. The number of rotatable bonds is 5. The fourth-order valence-electron chi connectivity index (χ4n) is 1.68. The van der Waals surface area contributed by atoms with E-state index in [9.17, 15) is 5.11 Å². The predicted octanol–water partition coefficient (Wildman–Crippen LogP) is 2.76. The molecule has 1 atom stereocenters. The van der Waals surface area contributed by atoms with Crippen molar-refractivity contribution in [2.24, 2.45) is 0 Å². The van der Waals surface area contributed by atoms with Crippen LogP contribution in [0.4, 0.5) is 0 Å². The molecule has 1 aromatic carbocycles. The second-order valence-corrected chi connectivity index (χ2v) is 4.20. The zero-order valence-corrected chi connectivity index (χ0v) is 10.4. The minimum Gasteiger partial charge on any atom is -0.493 e. The van der Waals surface area contributed by atoms with Crippen LogP contribution in [-0.2, 0) is 6.42 Å². The Morgan fingerprint density at radius 2 is 2.00 bits per heavy atom. The molecule has 0 saturated heterocycles. The van der Waals surface area contributed by atoms with Crippen LogP contribution in [-0.4, -0.2) is 16.7 Å². The van der Waals surface area contributed by atoms with E-state index in [0.717, 1.165) is 23.3 Å². The maximum Gasteiger partial charge on any atom is 0.119 e. The van der Waals surface area contributed by atoms with Crippen LogP contribution in [0.1, 0.15) is 24.2 Å². The standard InChI is InChI=1S/C15H17NO2/c1-12(17)14-4-6-15(7-5-14)18-10-8-13-3-2-9-16-11-13/h2-7,9,11-12,17H,8,10H2,1H3. The van der Waals surface area contributed by atoms with E-state index in [2.05, 4.69) is 4.98 Å². The summed E-state index contributed by atoms with van der Waals surface area (Å²) < 4.78 is 5.64. The lowest BCUT2D eigenvalue weighted by Crippen LogP contribution is -2.01. The number of hydrogen-bond acceptors (Lipinski definition) is 3. The van der Waals surface area contributed by atoms with Crippen LogP contribution in [0.25, 0.3) is 0 Å². The first-order valence-electron chi connectivity index (χ1n) is 6.05. The van der Waals surface area contributed by atoms with Gasteiger partial charge in [-0.1, -0.05) is 18.2 Å². The molecule has 94 valence electrons. The smallest absolute Gasteiger partial charge is 0.119 e. The molecule has 0 aliphatic carbocycles. The van der Waals surface area contributed by atoms with E-state index in [1.807, 2.05) is 42.6 Å². The topological polar surface area (TPSA) is 42.4 Å². The fourth-order valence-corrected chi connectivity index (χ4v) is 1.68. The molecule has 1 heterocycles. The van der Waals surface area contributed by atoms with Crippen LogP contribution in [0.5, 0.6) is 5.75 Å². The minimum absolute atomic E-state index is 0.436. The highest BCUT2D eigenvalue weighted by atomic mass is 16.5. The van der Waals surface area contributed by atoms with Crippen molar-refractivity contribution in [2.75, 3.05) is 6.61 Å². The lowest BCUT2D eigenvalue weighted by molar-refractivity contribution is 0.199. The van der Waals surface area contributed by atoms with Gasteiger partial charge in [-0.25, -0.2) is 0 Å². The third-order valence-electron chi connectivity index (χ3n) is 2.74. The first-order valence-corrected chi connectivity index (χ1v) is 6.05. The molecule has 0 aliphatic heterocycles. The number of ether oxygens (including phenoxy) is 1. The van der Waals surface area contributed by atoms with Gasteiger partial charge >= 0.3 is 0 Å². The highest BCUT2D eigenvalue weighted by Gasteiger charge is 2.00. The summed E-state index contributed by atoms with van der Waals surface area (Å²) in [6, 6.07) is 11.5. The Labute approximate surface area is 107 Å². The van der Waals surface area contributed by atoms with Crippen molar-refractivity contribution in [3.05, 3.63) is 59.9 Å². The Hall–Kier alpha value is -1.87. The van der Waals surface area contributed by atoms with Crippen LogP contribution in [0.3, 0.4) is 0 Å². The zero-order chi connectivity index (χ0) is 12.8. The third-order valence-corrected chi connectivity index (χ3v) is 2.74. The normalized spacial score (nSPS) is 12.1. The number of pyridine rings is 1. The predicted molar refractivity (Wildman–Crippen MR) is 70.5 cm³/mol. The molecule has 0 bridgehead atoms. The molecule has 18 heavy (non-hydrogen) atoms. The van der Waals surface area contributed by atoms with Gasteiger partial charge in [0, 0.05) is 18.8 Å². The van der Waals surface area contributed by atoms with Crippen LogP contribution in [0, 0.1) is 0 Å². The summed E-state index contributed by atoms with van der Waals surface area (Å²) in [6.45, 7) is 2.37. The van der Waals surface area contributed by atoms with E-state index < -0.39 is 6.10 Å². The van der Waals surface area contributed by atoms with Crippen molar-refractivity contribution in [2.45, 2.75) is 19.4 Å². The van der Waals surface area contributed by atoms with E-state index >= 15 is 0 Å². The summed E-state index contributed by atoms with van der Waals surface area (Å²) in [5.74, 6) is 0.822. The average molecular weight is 243 g/mol. The van der Waals surface area contributed by atoms with Crippen molar-refractivity contribution in [1.29, 1.82) is 0 Å². The Balaban J connectivity index is 1.83. The van der Waals surface area contributed by atoms with Gasteiger partial charge in [0.2, 0.25) is 0 Å². The van der Waals surface area contributed by atoms with Gasteiger partial charge in [0.15, 0.2) is 0 Å². The number of aromatic nitrogens is 1. The van der Waals surface area contributed by atoms with Crippen molar-refractivity contribution in [3.63, 3.8) is 0 Å². The minimum atomic E-state index is -0.436. The number of hydrogen-bond donors (Lipinski definition) is 1. The van der Waals surface area contributed by atoms with Crippen molar-refractivity contribution in [3.8, 4) is 5.75 Å². The fraction of sp³-hybridized carbons (Fsp3) is 0.267. The second-order valence-electron chi connectivity index (χ2n) is 4.20. The van der Waals surface area contributed by atoms with Gasteiger partial charge in [0.25, 0.3) is 0 Å². The van der Waals surface area contributed by atoms with Gasteiger partial charge in [-0.3, -0.25) is 4.98 Å².